The van der Waals surface area contributed by atoms with Gasteiger partial charge in [0.05, 0.1) is 6.61 Å². The first-order chi connectivity index (χ1) is 9.57. The topological polar surface area (TPSA) is 35.5 Å². The monoisotopic (exact) mass is 282 g/mol. The third kappa shape index (κ3) is 3.37. The Kier molecular flexibility index (Phi) is 5.49. The van der Waals surface area contributed by atoms with Gasteiger partial charge in [0, 0.05) is 5.54 Å². The Bertz CT molecular complexity index is 293. The molecule has 0 aromatic heterocycles. The summed E-state index contributed by atoms with van der Waals surface area (Å²) in [6.07, 6.45) is 8.94. The predicted octanol–water partition coefficient (Wildman–Crippen LogP) is 2.64. The van der Waals surface area contributed by atoms with Gasteiger partial charge in [0.1, 0.15) is 0 Å². The zero-order valence-electron chi connectivity index (χ0n) is 13.7. The Balaban J connectivity index is 1.79. The van der Waals surface area contributed by atoms with Gasteiger partial charge in [-0.2, -0.15) is 0 Å². The first-order valence-electron chi connectivity index (χ1n) is 8.59. The Labute approximate surface area is 125 Å². The second-order valence-corrected chi connectivity index (χ2v) is 7.45. The number of nitrogens with zero attached hydrogens (tertiary/aromatic N) is 1. The van der Waals surface area contributed by atoms with E-state index in [1.165, 1.54) is 58.2 Å². The highest BCUT2D eigenvalue weighted by molar-refractivity contribution is 4.98. The number of nitrogens with one attached hydrogen (secondary N) is 1. The molecule has 2 N–H and O–H groups in total. The van der Waals surface area contributed by atoms with E-state index in [2.05, 4.69) is 24.1 Å². The second-order valence-electron chi connectivity index (χ2n) is 7.45. The number of rotatable bonds is 6. The van der Waals surface area contributed by atoms with Crippen molar-refractivity contribution in [1.29, 1.82) is 0 Å². The van der Waals surface area contributed by atoms with E-state index in [9.17, 15) is 5.11 Å². The standard InChI is InChI=1S/C17H34N2O/c1-4-16(2)9-12-19(13-10-16)11-7-15-6-5-8-17(15,14-20)18-3/h15,18,20H,4-14H2,1-3H3. The van der Waals surface area contributed by atoms with Crippen molar-refractivity contribution < 1.29 is 5.11 Å². The molecule has 0 amide bonds. The van der Waals surface area contributed by atoms with Crippen molar-refractivity contribution in [3.8, 4) is 0 Å². The van der Waals surface area contributed by atoms with Crippen molar-refractivity contribution in [2.24, 2.45) is 11.3 Å². The van der Waals surface area contributed by atoms with Crippen molar-refractivity contribution in [3.05, 3.63) is 0 Å². The highest BCUT2D eigenvalue weighted by Crippen LogP contribution is 2.38. The average Bonchev–Trinajstić information content (AvgIpc) is 2.90. The van der Waals surface area contributed by atoms with Gasteiger partial charge in [-0.1, -0.05) is 26.7 Å². The smallest absolute Gasteiger partial charge is 0.0615 e. The Morgan fingerprint density at radius 2 is 1.95 bits per heavy atom. The fourth-order valence-electron chi connectivity index (χ4n) is 4.19. The SMILES string of the molecule is CCC1(C)CCN(CCC2CCCC2(CO)NC)CC1. The Morgan fingerprint density at radius 1 is 1.25 bits per heavy atom. The lowest BCUT2D eigenvalue weighted by Crippen LogP contribution is -2.50. The third-order valence-corrected chi connectivity index (χ3v) is 6.45. The molecule has 2 unspecified atom stereocenters. The average molecular weight is 282 g/mol. The van der Waals surface area contributed by atoms with E-state index in [1.807, 2.05) is 7.05 Å². The molecule has 3 heteroatoms. The lowest BCUT2D eigenvalue weighted by Gasteiger charge is -2.40. The summed E-state index contributed by atoms with van der Waals surface area (Å²) in [5.41, 5.74) is 0.595. The minimum Gasteiger partial charge on any atom is -0.394 e. The molecule has 0 radical (unpaired) electrons. The van der Waals surface area contributed by atoms with Crippen molar-refractivity contribution in [2.75, 3.05) is 33.3 Å². The lowest BCUT2D eigenvalue weighted by molar-refractivity contribution is 0.0901. The van der Waals surface area contributed by atoms with Gasteiger partial charge < -0.3 is 15.3 Å². The molecular formula is C17H34N2O. The number of likely N-dealkylation sites (N-methyl/N-ethyl adjacent to an activating group) is 1. The molecule has 3 nitrogen and oxygen atoms in total. The lowest BCUT2D eigenvalue weighted by atomic mass is 9.78. The Morgan fingerprint density at radius 3 is 2.50 bits per heavy atom. The maximum Gasteiger partial charge on any atom is 0.0615 e. The number of aliphatic hydroxyl groups excluding tert-OH is 1. The zero-order chi connectivity index (χ0) is 14.6. The number of piperidine rings is 1. The summed E-state index contributed by atoms with van der Waals surface area (Å²) in [4.78, 5) is 2.65. The number of likely N-dealkylation sites (tertiary alicyclic amines) is 1. The normalized spacial score (nSPS) is 34.5. The molecule has 0 aromatic rings. The minimum absolute atomic E-state index is 0.00766. The molecule has 2 aliphatic rings. The van der Waals surface area contributed by atoms with Gasteiger partial charge in [0.25, 0.3) is 0 Å². The highest BCUT2D eigenvalue weighted by atomic mass is 16.3. The van der Waals surface area contributed by atoms with Gasteiger partial charge in [-0.3, -0.25) is 0 Å². The third-order valence-electron chi connectivity index (χ3n) is 6.45. The van der Waals surface area contributed by atoms with Crippen LogP contribution in [-0.4, -0.2) is 48.8 Å². The molecule has 1 saturated heterocycles. The van der Waals surface area contributed by atoms with Gasteiger partial charge in [-0.15, -0.1) is 0 Å². The maximum atomic E-state index is 9.75. The van der Waals surface area contributed by atoms with Crippen molar-refractivity contribution in [1.82, 2.24) is 10.2 Å². The van der Waals surface area contributed by atoms with E-state index < -0.39 is 0 Å². The summed E-state index contributed by atoms with van der Waals surface area (Å²) in [6.45, 7) is 8.82. The first kappa shape index (κ1) is 16.3. The summed E-state index contributed by atoms with van der Waals surface area (Å²) >= 11 is 0. The molecule has 0 spiro atoms. The summed E-state index contributed by atoms with van der Waals surface area (Å²) in [7, 11) is 2.02. The first-order valence-corrected chi connectivity index (χ1v) is 8.59. The van der Waals surface area contributed by atoms with Crippen LogP contribution in [0.25, 0.3) is 0 Å². The van der Waals surface area contributed by atoms with Crippen LogP contribution < -0.4 is 5.32 Å². The number of aliphatic hydroxyl groups is 1. The van der Waals surface area contributed by atoms with Crippen LogP contribution in [0, 0.1) is 11.3 Å². The minimum atomic E-state index is 0.00766. The molecule has 1 heterocycles. The fraction of sp³-hybridized carbons (Fsp3) is 1.00. The molecule has 2 rings (SSSR count). The van der Waals surface area contributed by atoms with Crippen LogP contribution in [0.3, 0.4) is 0 Å². The molecule has 0 bridgehead atoms. The largest absolute Gasteiger partial charge is 0.394 e. The van der Waals surface area contributed by atoms with Crippen LogP contribution in [0.15, 0.2) is 0 Å². The molecule has 1 aliphatic heterocycles. The van der Waals surface area contributed by atoms with E-state index in [0.717, 1.165) is 6.42 Å². The summed E-state index contributed by atoms with van der Waals surface area (Å²) in [5, 5.41) is 13.2. The highest BCUT2D eigenvalue weighted by Gasteiger charge is 2.41. The molecule has 20 heavy (non-hydrogen) atoms. The van der Waals surface area contributed by atoms with Gasteiger partial charge in [-0.25, -0.2) is 0 Å². The number of hydrogen-bond acceptors (Lipinski definition) is 3. The van der Waals surface area contributed by atoms with E-state index in [1.54, 1.807) is 0 Å². The zero-order valence-corrected chi connectivity index (χ0v) is 13.7. The van der Waals surface area contributed by atoms with Crippen molar-refractivity contribution in [2.45, 2.75) is 64.3 Å². The van der Waals surface area contributed by atoms with Gasteiger partial charge in [-0.05, 0) is 70.1 Å². The molecule has 2 atom stereocenters. The van der Waals surface area contributed by atoms with E-state index in [4.69, 9.17) is 0 Å². The molecule has 2 fully saturated rings. The summed E-state index contributed by atoms with van der Waals surface area (Å²) in [6, 6.07) is 0. The van der Waals surface area contributed by atoms with E-state index in [-0.39, 0.29) is 5.54 Å². The maximum absolute atomic E-state index is 9.75. The van der Waals surface area contributed by atoms with E-state index in [0.29, 0.717) is 17.9 Å². The van der Waals surface area contributed by atoms with Gasteiger partial charge in [0.2, 0.25) is 0 Å². The molecular weight excluding hydrogens is 248 g/mol. The Hall–Kier alpha value is -0.120. The van der Waals surface area contributed by atoms with Crippen LogP contribution in [0.1, 0.15) is 58.8 Å². The van der Waals surface area contributed by atoms with Crippen molar-refractivity contribution in [3.63, 3.8) is 0 Å². The van der Waals surface area contributed by atoms with Gasteiger partial charge >= 0.3 is 0 Å². The summed E-state index contributed by atoms with van der Waals surface area (Å²) < 4.78 is 0. The van der Waals surface area contributed by atoms with Crippen LogP contribution in [0.5, 0.6) is 0 Å². The second kappa shape index (κ2) is 6.76. The molecule has 1 saturated carbocycles. The summed E-state index contributed by atoms with van der Waals surface area (Å²) in [5.74, 6) is 0.650. The van der Waals surface area contributed by atoms with E-state index >= 15 is 0 Å². The van der Waals surface area contributed by atoms with Crippen LogP contribution in [0.4, 0.5) is 0 Å². The van der Waals surface area contributed by atoms with Crippen LogP contribution in [-0.2, 0) is 0 Å². The fourth-order valence-corrected chi connectivity index (χ4v) is 4.19. The quantitative estimate of drug-likeness (QED) is 0.786. The van der Waals surface area contributed by atoms with Crippen molar-refractivity contribution >= 4 is 0 Å². The van der Waals surface area contributed by atoms with Crippen LogP contribution in [0.2, 0.25) is 0 Å². The van der Waals surface area contributed by atoms with Gasteiger partial charge in [0.15, 0.2) is 0 Å². The predicted molar refractivity (Wildman–Crippen MR) is 84.9 cm³/mol. The molecule has 118 valence electrons. The molecule has 0 aromatic carbocycles. The van der Waals surface area contributed by atoms with Crippen LogP contribution >= 0.6 is 0 Å². The number of hydrogen-bond donors (Lipinski definition) is 2. The molecule has 1 aliphatic carbocycles.